The monoisotopic (exact) mass is 599 g/mol. The van der Waals surface area contributed by atoms with Crippen LogP contribution in [-0.2, 0) is 32.7 Å². The van der Waals surface area contributed by atoms with Crippen LogP contribution in [0.5, 0.6) is 11.5 Å². The zero-order chi connectivity index (χ0) is 25.8. The van der Waals surface area contributed by atoms with E-state index in [1.165, 1.54) is 0 Å². The summed E-state index contributed by atoms with van der Waals surface area (Å²) < 4.78 is 30.3. The molecular formula is C23H27ClF2N5O4Y-. The number of benzene rings is 1. The normalized spacial score (nSPS) is 17.2. The van der Waals surface area contributed by atoms with E-state index in [0.29, 0.717) is 27.8 Å². The molecule has 193 valence electrons. The van der Waals surface area contributed by atoms with Crippen LogP contribution in [0.4, 0.5) is 14.5 Å². The van der Waals surface area contributed by atoms with E-state index in [9.17, 15) is 13.6 Å². The maximum Gasteiger partial charge on any atom is 0.255 e. The molecule has 5 rings (SSSR count). The third-order valence-electron chi connectivity index (χ3n) is 5.63. The average Bonchev–Trinajstić information content (AvgIpc) is 3.25. The van der Waals surface area contributed by atoms with E-state index < -0.39 is 12.0 Å². The number of likely N-dealkylation sites (tertiary alicyclic amines) is 1. The quantitative estimate of drug-likeness (QED) is 0.355. The number of carbonyl (C=O) groups excluding carboxylic acids is 1. The topological polar surface area (TPSA) is 123 Å². The molecule has 3 heterocycles. The number of anilines is 1. The molecule has 2 aromatic heterocycles. The second-order valence-corrected chi connectivity index (χ2v) is 8.44. The van der Waals surface area contributed by atoms with Gasteiger partial charge in [-0.25, -0.2) is 13.3 Å². The zero-order valence-electron chi connectivity index (χ0n) is 19.8. The van der Waals surface area contributed by atoms with Gasteiger partial charge in [-0.2, -0.15) is 5.10 Å². The number of halogens is 3. The Kier molecular flexibility index (Phi) is 11.0. The first kappa shape index (κ1) is 30.3. The number of ether oxygens (including phenoxy) is 1. The van der Waals surface area contributed by atoms with Crippen molar-refractivity contribution in [3.63, 3.8) is 0 Å². The Morgan fingerprint density at radius 2 is 1.89 bits per heavy atom. The summed E-state index contributed by atoms with van der Waals surface area (Å²) in [5.74, 6) is -1.51. The van der Waals surface area contributed by atoms with Crippen LogP contribution in [0.25, 0.3) is 11.3 Å². The fraction of sp³-hybridized carbons (Fsp3) is 0.391. The Balaban J connectivity index is 0.000000439. The summed E-state index contributed by atoms with van der Waals surface area (Å²) in [6, 6.07) is 5.57. The summed E-state index contributed by atoms with van der Waals surface area (Å²) >= 11 is 6.09. The van der Waals surface area contributed by atoms with Gasteiger partial charge in [0.1, 0.15) is 11.3 Å². The Bertz CT molecular complexity index is 1190. The molecule has 2 fully saturated rings. The molecule has 0 spiro atoms. The van der Waals surface area contributed by atoms with Crippen molar-refractivity contribution in [3.8, 4) is 11.5 Å². The third-order valence-corrected chi connectivity index (χ3v) is 5.94. The Hall–Kier alpha value is -1.89. The molecule has 4 N–H and O–H groups in total. The molecule has 1 atom stereocenters. The summed E-state index contributed by atoms with van der Waals surface area (Å²) in [6.07, 6.45) is 5.24. The second kappa shape index (κ2) is 13.1. The summed E-state index contributed by atoms with van der Waals surface area (Å²) in [6.45, 7) is 3.49. The van der Waals surface area contributed by atoms with Crippen molar-refractivity contribution in [2.45, 2.75) is 38.2 Å². The van der Waals surface area contributed by atoms with Gasteiger partial charge in [0.15, 0.2) is 5.75 Å². The molecule has 3 aromatic rings. The minimum atomic E-state index is -2.62. The van der Waals surface area contributed by atoms with Crippen LogP contribution in [0.1, 0.15) is 35.2 Å². The van der Waals surface area contributed by atoms with Crippen molar-refractivity contribution >= 4 is 28.7 Å². The first-order valence-corrected chi connectivity index (χ1v) is 11.3. The second-order valence-electron chi connectivity index (χ2n) is 8.03. The standard InChI is InChI=1S/C19H19ClN4O3.C3H4F2N.CH4O.Y/c1-12-14(19(25)23-8-2-3-9-23)11-24-18(12)17(6-7-21-24)27-13-4-5-16(22-26)15(20)10-13;4-3(5)1-2(3)6;1-2;/h4-7,10-11,22,26H,2-3,8-9H2,1H3;2,6H,1H2;2H,1H3;/q;-1;;. The molecule has 1 saturated heterocycles. The first-order chi connectivity index (χ1) is 16.7. The van der Waals surface area contributed by atoms with Crippen LogP contribution >= 0.6 is 11.6 Å². The number of aryl methyl sites for hydroxylation is 1. The number of nitrogens with zero attached hydrogens (tertiary/aromatic N) is 3. The molecule has 9 nitrogen and oxygen atoms in total. The van der Waals surface area contributed by atoms with E-state index >= 15 is 0 Å². The number of aromatic nitrogens is 2. The largest absolute Gasteiger partial charge is 0.670 e. The predicted octanol–water partition coefficient (Wildman–Crippen LogP) is 5.18. The van der Waals surface area contributed by atoms with Crippen molar-refractivity contribution in [2.24, 2.45) is 0 Å². The summed E-state index contributed by atoms with van der Waals surface area (Å²) in [5, 5.41) is 20.6. The van der Waals surface area contributed by atoms with Crippen LogP contribution < -0.4 is 10.2 Å². The molecular weight excluding hydrogens is 573 g/mol. The van der Waals surface area contributed by atoms with Crippen LogP contribution in [0.3, 0.4) is 0 Å². The molecule has 1 aliphatic heterocycles. The zero-order valence-corrected chi connectivity index (χ0v) is 23.4. The molecule has 0 bridgehead atoms. The van der Waals surface area contributed by atoms with Crippen molar-refractivity contribution in [2.75, 3.05) is 25.7 Å². The molecule has 1 aliphatic carbocycles. The molecule has 36 heavy (non-hydrogen) atoms. The fourth-order valence-electron chi connectivity index (χ4n) is 3.60. The molecule has 13 heteroatoms. The number of rotatable bonds is 4. The van der Waals surface area contributed by atoms with E-state index in [0.717, 1.165) is 44.1 Å². The fourth-order valence-corrected chi connectivity index (χ4v) is 3.82. The Morgan fingerprint density at radius 1 is 1.28 bits per heavy atom. The van der Waals surface area contributed by atoms with E-state index in [-0.39, 0.29) is 45.0 Å². The van der Waals surface area contributed by atoms with Crippen LogP contribution in [-0.4, -0.2) is 62.9 Å². The maximum absolute atomic E-state index is 12.8. The van der Waals surface area contributed by atoms with Crippen LogP contribution in [0.15, 0.2) is 36.7 Å². The van der Waals surface area contributed by atoms with Crippen molar-refractivity contribution in [1.29, 1.82) is 0 Å². The van der Waals surface area contributed by atoms with Crippen LogP contribution in [0, 0.1) is 6.92 Å². The third kappa shape index (κ3) is 6.90. The number of alkyl halides is 2. The van der Waals surface area contributed by atoms with Gasteiger partial charge < -0.3 is 20.5 Å². The van der Waals surface area contributed by atoms with Gasteiger partial charge in [0.2, 0.25) is 5.92 Å². The SMILES string of the molecule is CO.Cc1c(C(=O)N2CCCC2)cn2nccc(Oc3ccc(NO)c(Cl)c3)c12.[NH-]C1CC1(F)F.[Y]. The summed E-state index contributed by atoms with van der Waals surface area (Å²) in [4.78, 5) is 14.7. The van der Waals surface area contributed by atoms with Gasteiger partial charge in [0.05, 0.1) is 22.5 Å². The molecule has 2 aliphatic rings. The maximum atomic E-state index is 12.8. The van der Waals surface area contributed by atoms with Crippen molar-refractivity contribution < 1.29 is 61.3 Å². The number of aliphatic hydroxyl groups excluding tert-OH is 1. The minimum absolute atomic E-state index is 0. The number of aliphatic hydroxyl groups is 1. The van der Waals surface area contributed by atoms with Gasteiger partial charge >= 0.3 is 0 Å². The number of hydrogen-bond donors (Lipinski definition) is 3. The molecule has 1 radical (unpaired) electrons. The first-order valence-electron chi connectivity index (χ1n) is 10.9. The van der Waals surface area contributed by atoms with Gasteiger partial charge in [0, 0.05) is 71.2 Å². The van der Waals surface area contributed by atoms with Gasteiger partial charge in [-0.1, -0.05) is 17.6 Å². The van der Waals surface area contributed by atoms with Crippen LogP contribution in [0.2, 0.25) is 5.02 Å². The number of amides is 1. The molecule has 1 amide bonds. The van der Waals surface area contributed by atoms with E-state index in [2.05, 4.69) is 5.10 Å². The smallest absolute Gasteiger partial charge is 0.255 e. The number of hydrogen-bond acceptors (Lipinski definition) is 6. The van der Waals surface area contributed by atoms with E-state index in [1.807, 2.05) is 17.3 Å². The average molecular weight is 600 g/mol. The van der Waals surface area contributed by atoms with Crippen molar-refractivity contribution in [3.05, 3.63) is 58.5 Å². The predicted molar refractivity (Wildman–Crippen MR) is 128 cm³/mol. The molecule has 1 aromatic carbocycles. The Labute approximate surface area is 237 Å². The van der Waals surface area contributed by atoms with Crippen molar-refractivity contribution in [1.82, 2.24) is 14.5 Å². The molecule has 1 saturated carbocycles. The number of nitrogens with one attached hydrogen (secondary N) is 2. The van der Waals surface area contributed by atoms with E-state index in [4.69, 9.17) is 32.4 Å². The van der Waals surface area contributed by atoms with Gasteiger partial charge in [-0.05, 0) is 43.9 Å². The van der Waals surface area contributed by atoms with Gasteiger partial charge in [0.25, 0.3) is 5.91 Å². The number of fused-ring (bicyclic) bond motifs is 1. The van der Waals surface area contributed by atoms with E-state index in [1.54, 1.807) is 41.2 Å². The minimum Gasteiger partial charge on any atom is -0.670 e. The van der Waals surface area contributed by atoms with Gasteiger partial charge in [-0.3, -0.25) is 15.5 Å². The molecule has 1 unspecified atom stereocenters. The number of carbonyl (C=O) groups is 1. The Morgan fingerprint density at radius 3 is 2.42 bits per heavy atom. The van der Waals surface area contributed by atoms with Gasteiger partial charge in [-0.15, -0.1) is 0 Å². The summed E-state index contributed by atoms with van der Waals surface area (Å²) in [5.41, 5.74) is 11.0. The summed E-state index contributed by atoms with van der Waals surface area (Å²) in [7, 11) is 1.00.